The first-order valence-corrected chi connectivity index (χ1v) is 5.14. The summed E-state index contributed by atoms with van der Waals surface area (Å²) >= 11 is 0. The van der Waals surface area contributed by atoms with Gasteiger partial charge in [-0.3, -0.25) is 0 Å². The number of rotatable bonds is 3. The molecule has 0 saturated heterocycles. The van der Waals surface area contributed by atoms with Crippen LogP contribution < -0.4 is 4.74 Å². The molecule has 1 atom stereocenters. The van der Waals surface area contributed by atoms with E-state index < -0.39 is 12.3 Å². The lowest BCUT2D eigenvalue weighted by atomic mass is 10.0. The summed E-state index contributed by atoms with van der Waals surface area (Å²) in [5.74, 6) is 0.443. The zero-order valence-corrected chi connectivity index (χ0v) is 9.51. The maximum atomic E-state index is 12.3. The van der Waals surface area contributed by atoms with Crippen LogP contribution in [0, 0.1) is 0 Å². The molecule has 1 unspecified atom stereocenters. The molecule has 0 bridgehead atoms. The van der Waals surface area contributed by atoms with E-state index in [4.69, 9.17) is 4.74 Å². The molecule has 16 heavy (non-hydrogen) atoms. The molecule has 0 saturated carbocycles. The molecular weight excluding hydrogens is 217 g/mol. The zero-order valence-electron chi connectivity index (χ0n) is 9.51. The lowest BCUT2D eigenvalue weighted by Crippen LogP contribution is -2.31. The third-order valence-electron chi connectivity index (χ3n) is 2.31. The highest BCUT2D eigenvalue weighted by Gasteiger charge is 2.38. The molecule has 0 aliphatic carbocycles. The quantitative estimate of drug-likeness (QED) is 0.761. The molecule has 0 radical (unpaired) electrons. The average molecular weight is 232 g/mol. The predicted molar refractivity (Wildman–Crippen MR) is 56.7 cm³/mol. The minimum absolute atomic E-state index is 0.136. The van der Waals surface area contributed by atoms with Gasteiger partial charge in [-0.25, -0.2) is 0 Å². The van der Waals surface area contributed by atoms with E-state index in [-0.39, 0.29) is 5.92 Å². The number of para-hydroxylation sites is 1. The smallest absolute Gasteiger partial charge is 0.425 e. The molecule has 0 N–H and O–H groups in total. The van der Waals surface area contributed by atoms with Gasteiger partial charge in [0.25, 0.3) is 0 Å². The van der Waals surface area contributed by atoms with E-state index in [9.17, 15) is 13.2 Å². The highest BCUT2D eigenvalue weighted by molar-refractivity contribution is 5.35. The highest BCUT2D eigenvalue weighted by Crippen LogP contribution is 2.30. The number of hydrogen-bond donors (Lipinski definition) is 0. The minimum atomic E-state index is -4.33. The van der Waals surface area contributed by atoms with E-state index in [1.807, 2.05) is 13.8 Å². The first-order chi connectivity index (χ1) is 7.32. The van der Waals surface area contributed by atoms with E-state index in [0.29, 0.717) is 5.75 Å². The van der Waals surface area contributed by atoms with Crippen molar-refractivity contribution in [3.8, 4) is 5.75 Å². The summed E-state index contributed by atoms with van der Waals surface area (Å²) in [6.45, 7) is 4.85. The molecule has 1 rings (SSSR count). The van der Waals surface area contributed by atoms with Gasteiger partial charge >= 0.3 is 6.18 Å². The molecule has 0 aromatic heterocycles. The Bertz CT molecular complexity index is 344. The standard InChI is InChI=1S/C12H15F3O/c1-8(2)10-6-4-5-7-11(10)16-9(3)12(13,14)15/h4-9H,1-3H3. The van der Waals surface area contributed by atoms with Crippen molar-refractivity contribution < 1.29 is 17.9 Å². The van der Waals surface area contributed by atoms with Gasteiger partial charge in [-0.05, 0) is 24.5 Å². The van der Waals surface area contributed by atoms with Gasteiger partial charge in [0.05, 0.1) is 0 Å². The Labute approximate surface area is 93.2 Å². The number of ether oxygens (including phenoxy) is 1. The van der Waals surface area contributed by atoms with Gasteiger partial charge in [0.2, 0.25) is 0 Å². The Morgan fingerprint density at radius 2 is 1.62 bits per heavy atom. The fourth-order valence-electron chi connectivity index (χ4n) is 1.32. The van der Waals surface area contributed by atoms with Crippen LogP contribution in [0.15, 0.2) is 24.3 Å². The zero-order chi connectivity index (χ0) is 12.3. The van der Waals surface area contributed by atoms with Crippen molar-refractivity contribution in [2.75, 3.05) is 0 Å². The third kappa shape index (κ3) is 3.15. The second kappa shape index (κ2) is 4.76. The fraction of sp³-hybridized carbons (Fsp3) is 0.500. The summed E-state index contributed by atoms with van der Waals surface area (Å²) in [7, 11) is 0. The van der Waals surface area contributed by atoms with Gasteiger partial charge in [-0.15, -0.1) is 0 Å². The summed E-state index contributed by atoms with van der Waals surface area (Å²) in [6.07, 6.45) is -6.11. The van der Waals surface area contributed by atoms with E-state index in [1.165, 1.54) is 0 Å². The Morgan fingerprint density at radius 1 is 1.06 bits per heavy atom. The second-order valence-corrected chi connectivity index (χ2v) is 3.99. The average Bonchev–Trinajstić information content (AvgIpc) is 2.16. The van der Waals surface area contributed by atoms with Crippen LogP contribution >= 0.6 is 0 Å². The molecule has 0 heterocycles. The lowest BCUT2D eigenvalue weighted by molar-refractivity contribution is -0.189. The first kappa shape index (κ1) is 12.9. The van der Waals surface area contributed by atoms with Crippen LogP contribution in [0.1, 0.15) is 32.3 Å². The van der Waals surface area contributed by atoms with E-state index in [1.54, 1.807) is 24.3 Å². The number of alkyl halides is 3. The fourth-order valence-corrected chi connectivity index (χ4v) is 1.32. The van der Waals surface area contributed by atoms with Gasteiger partial charge in [0.15, 0.2) is 6.10 Å². The molecule has 0 fully saturated rings. The third-order valence-corrected chi connectivity index (χ3v) is 2.31. The second-order valence-electron chi connectivity index (χ2n) is 3.99. The summed E-state index contributed by atoms with van der Waals surface area (Å²) in [5, 5.41) is 0. The van der Waals surface area contributed by atoms with Crippen molar-refractivity contribution >= 4 is 0 Å². The van der Waals surface area contributed by atoms with Crippen molar-refractivity contribution in [1.29, 1.82) is 0 Å². The molecule has 0 spiro atoms. The lowest BCUT2D eigenvalue weighted by Gasteiger charge is -2.20. The van der Waals surface area contributed by atoms with Crippen LogP contribution in [0.4, 0.5) is 13.2 Å². The van der Waals surface area contributed by atoms with E-state index >= 15 is 0 Å². The highest BCUT2D eigenvalue weighted by atomic mass is 19.4. The Hall–Kier alpha value is -1.19. The van der Waals surface area contributed by atoms with Gasteiger partial charge in [0.1, 0.15) is 5.75 Å². The van der Waals surface area contributed by atoms with Crippen LogP contribution in [-0.4, -0.2) is 12.3 Å². The van der Waals surface area contributed by atoms with Crippen molar-refractivity contribution in [2.24, 2.45) is 0 Å². The van der Waals surface area contributed by atoms with Gasteiger partial charge in [-0.1, -0.05) is 32.0 Å². The molecular formula is C12H15F3O. The van der Waals surface area contributed by atoms with Crippen LogP contribution in [0.25, 0.3) is 0 Å². The molecule has 0 amide bonds. The largest absolute Gasteiger partial charge is 0.481 e. The molecule has 0 aliphatic rings. The van der Waals surface area contributed by atoms with Crippen LogP contribution in [0.5, 0.6) is 5.75 Å². The van der Waals surface area contributed by atoms with Crippen LogP contribution in [-0.2, 0) is 0 Å². The van der Waals surface area contributed by atoms with Crippen molar-refractivity contribution in [3.63, 3.8) is 0 Å². The minimum Gasteiger partial charge on any atom is -0.481 e. The summed E-state index contributed by atoms with van der Waals surface area (Å²) in [5.41, 5.74) is 0.790. The van der Waals surface area contributed by atoms with Crippen LogP contribution in [0.3, 0.4) is 0 Å². The Balaban J connectivity index is 2.89. The molecule has 1 aromatic rings. The van der Waals surface area contributed by atoms with Gasteiger partial charge in [0, 0.05) is 0 Å². The molecule has 0 aliphatic heterocycles. The molecule has 1 nitrogen and oxygen atoms in total. The van der Waals surface area contributed by atoms with Crippen LogP contribution in [0.2, 0.25) is 0 Å². The number of benzene rings is 1. The van der Waals surface area contributed by atoms with Gasteiger partial charge < -0.3 is 4.74 Å². The van der Waals surface area contributed by atoms with Crippen molar-refractivity contribution in [3.05, 3.63) is 29.8 Å². The maximum absolute atomic E-state index is 12.3. The summed E-state index contributed by atoms with van der Waals surface area (Å²) in [6, 6.07) is 6.81. The number of hydrogen-bond acceptors (Lipinski definition) is 1. The molecule has 90 valence electrons. The predicted octanol–water partition coefficient (Wildman–Crippen LogP) is 4.14. The van der Waals surface area contributed by atoms with E-state index in [0.717, 1.165) is 12.5 Å². The summed E-state index contributed by atoms with van der Waals surface area (Å²) in [4.78, 5) is 0. The van der Waals surface area contributed by atoms with Crippen molar-refractivity contribution in [1.82, 2.24) is 0 Å². The summed E-state index contributed by atoms with van der Waals surface area (Å²) < 4.78 is 42.0. The Morgan fingerprint density at radius 3 is 2.12 bits per heavy atom. The number of halogens is 3. The molecule has 4 heteroatoms. The van der Waals surface area contributed by atoms with Gasteiger partial charge in [-0.2, -0.15) is 13.2 Å². The van der Waals surface area contributed by atoms with E-state index in [2.05, 4.69) is 0 Å². The van der Waals surface area contributed by atoms with Crippen molar-refractivity contribution in [2.45, 2.75) is 39.0 Å². The molecule has 1 aromatic carbocycles. The first-order valence-electron chi connectivity index (χ1n) is 5.14. The monoisotopic (exact) mass is 232 g/mol. The SMILES string of the molecule is CC(C)c1ccccc1OC(C)C(F)(F)F. The maximum Gasteiger partial charge on any atom is 0.425 e. The topological polar surface area (TPSA) is 9.23 Å². The normalized spacial score (nSPS) is 13.9. The Kier molecular flexibility index (Phi) is 3.83.